The summed E-state index contributed by atoms with van der Waals surface area (Å²) in [4.78, 5) is 17.6. The first-order valence-corrected chi connectivity index (χ1v) is 11.3. The summed E-state index contributed by atoms with van der Waals surface area (Å²) >= 11 is 1.54. The number of carbonyl (C=O) groups is 1. The lowest BCUT2D eigenvalue weighted by Crippen LogP contribution is -2.51. The summed E-state index contributed by atoms with van der Waals surface area (Å²) in [5.41, 5.74) is 1.60. The molecule has 0 aliphatic heterocycles. The molecule has 2 saturated carbocycles. The van der Waals surface area contributed by atoms with Crippen LogP contribution in [0.15, 0.2) is 5.16 Å². The molecule has 1 unspecified atom stereocenters. The van der Waals surface area contributed by atoms with Crippen molar-refractivity contribution in [3.63, 3.8) is 0 Å². The van der Waals surface area contributed by atoms with E-state index in [9.17, 15) is 10.1 Å². The molecule has 0 radical (unpaired) electrons. The minimum atomic E-state index is -0.672. The van der Waals surface area contributed by atoms with Gasteiger partial charge in [0.05, 0.1) is 17.0 Å². The van der Waals surface area contributed by atoms with Gasteiger partial charge in [-0.05, 0) is 46.5 Å². The fourth-order valence-corrected chi connectivity index (χ4v) is 5.49. The van der Waals surface area contributed by atoms with Crippen LogP contribution < -0.4 is 5.32 Å². The van der Waals surface area contributed by atoms with E-state index in [4.69, 9.17) is 4.98 Å². The SMILES string of the molecule is Cc1nc(SC(C)C(=O)NC2(C#N)CCCCC2)n(C2CCCCC2)c1C. The number of nitriles is 1. The third kappa shape index (κ3) is 4.51. The number of imidazole rings is 1. The number of amides is 1. The highest BCUT2D eigenvalue weighted by molar-refractivity contribution is 8.00. The van der Waals surface area contributed by atoms with Gasteiger partial charge < -0.3 is 9.88 Å². The van der Waals surface area contributed by atoms with E-state index in [1.54, 1.807) is 0 Å². The van der Waals surface area contributed by atoms with Gasteiger partial charge in [-0.25, -0.2) is 4.98 Å². The molecule has 0 saturated heterocycles. The number of aromatic nitrogens is 2. The van der Waals surface area contributed by atoms with Crippen molar-refractivity contribution < 1.29 is 4.79 Å². The summed E-state index contributed by atoms with van der Waals surface area (Å²) in [7, 11) is 0. The maximum absolute atomic E-state index is 12.8. The fraction of sp³-hybridized carbons (Fsp3) is 0.762. The zero-order valence-electron chi connectivity index (χ0n) is 16.9. The summed E-state index contributed by atoms with van der Waals surface area (Å²) in [6.45, 7) is 6.12. The molecule has 1 aromatic rings. The molecule has 148 valence electrons. The van der Waals surface area contributed by atoms with Crippen LogP contribution in [0.1, 0.15) is 88.6 Å². The zero-order chi connectivity index (χ0) is 19.4. The van der Waals surface area contributed by atoms with Crippen molar-refractivity contribution in [2.24, 2.45) is 0 Å². The number of nitrogens with zero attached hydrogens (tertiary/aromatic N) is 3. The first-order chi connectivity index (χ1) is 13.0. The molecule has 1 amide bonds. The molecular weight excluding hydrogens is 356 g/mol. The molecule has 1 heterocycles. The van der Waals surface area contributed by atoms with Crippen molar-refractivity contribution in [3.05, 3.63) is 11.4 Å². The van der Waals surface area contributed by atoms with E-state index < -0.39 is 5.54 Å². The number of hydrogen-bond donors (Lipinski definition) is 1. The van der Waals surface area contributed by atoms with E-state index >= 15 is 0 Å². The Morgan fingerprint density at radius 3 is 2.48 bits per heavy atom. The van der Waals surface area contributed by atoms with Crippen molar-refractivity contribution in [1.82, 2.24) is 14.9 Å². The zero-order valence-corrected chi connectivity index (χ0v) is 17.7. The molecule has 5 nitrogen and oxygen atoms in total. The maximum Gasteiger partial charge on any atom is 0.234 e. The summed E-state index contributed by atoms with van der Waals surface area (Å²) in [6, 6.07) is 2.88. The second-order valence-electron chi connectivity index (χ2n) is 8.23. The van der Waals surface area contributed by atoms with Gasteiger partial charge in [0.2, 0.25) is 5.91 Å². The Bertz CT molecular complexity index is 708. The molecule has 1 aromatic heterocycles. The van der Waals surface area contributed by atoms with Gasteiger partial charge in [0.25, 0.3) is 0 Å². The minimum absolute atomic E-state index is 0.0445. The predicted molar refractivity (Wildman–Crippen MR) is 109 cm³/mol. The molecule has 0 spiro atoms. The number of carbonyl (C=O) groups excluding carboxylic acids is 1. The van der Waals surface area contributed by atoms with Gasteiger partial charge in [-0.2, -0.15) is 5.26 Å². The largest absolute Gasteiger partial charge is 0.337 e. The molecule has 0 bridgehead atoms. The van der Waals surface area contributed by atoms with Crippen LogP contribution in [0.5, 0.6) is 0 Å². The smallest absolute Gasteiger partial charge is 0.234 e. The van der Waals surface area contributed by atoms with Gasteiger partial charge in [0, 0.05) is 11.7 Å². The Labute approximate surface area is 167 Å². The highest BCUT2D eigenvalue weighted by atomic mass is 32.2. The van der Waals surface area contributed by atoms with Crippen LogP contribution in [0.25, 0.3) is 0 Å². The number of thioether (sulfide) groups is 1. The van der Waals surface area contributed by atoms with Crippen LogP contribution in [0, 0.1) is 25.2 Å². The molecule has 2 fully saturated rings. The van der Waals surface area contributed by atoms with Gasteiger partial charge in [0.15, 0.2) is 5.16 Å². The second-order valence-corrected chi connectivity index (χ2v) is 9.54. The molecule has 1 N–H and O–H groups in total. The van der Waals surface area contributed by atoms with Crippen molar-refractivity contribution in [2.75, 3.05) is 0 Å². The third-order valence-electron chi connectivity index (χ3n) is 6.23. The van der Waals surface area contributed by atoms with Crippen molar-refractivity contribution in [3.8, 4) is 6.07 Å². The highest BCUT2D eigenvalue weighted by Crippen LogP contribution is 2.36. The second kappa shape index (κ2) is 8.68. The average molecular weight is 389 g/mol. The minimum Gasteiger partial charge on any atom is -0.337 e. The highest BCUT2D eigenvalue weighted by Gasteiger charge is 2.35. The van der Waals surface area contributed by atoms with Crippen LogP contribution >= 0.6 is 11.8 Å². The summed E-state index contributed by atoms with van der Waals surface area (Å²) < 4.78 is 2.36. The van der Waals surface area contributed by atoms with Gasteiger partial charge in [-0.1, -0.05) is 50.3 Å². The average Bonchev–Trinajstić information content (AvgIpc) is 2.96. The Balaban J connectivity index is 1.72. The lowest BCUT2D eigenvalue weighted by Gasteiger charge is -2.32. The standard InChI is InChI=1S/C21H32N4OS/c1-15-16(2)25(18-10-6-4-7-11-18)20(23-15)27-17(3)19(26)24-21(14-22)12-8-5-9-13-21/h17-18H,4-13H2,1-3H3,(H,24,26). The first kappa shape index (κ1) is 20.3. The molecule has 2 aliphatic rings. The molecule has 0 aromatic carbocycles. The van der Waals surface area contributed by atoms with E-state index in [-0.39, 0.29) is 11.2 Å². The molecule has 6 heteroatoms. The van der Waals surface area contributed by atoms with Crippen molar-refractivity contribution in [2.45, 2.75) is 107 Å². The van der Waals surface area contributed by atoms with E-state index in [1.165, 1.54) is 49.6 Å². The van der Waals surface area contributed by atoms with Crippen LogP contribution in [-0.4, -0.2) is 26.2 Å². The third-order valence-corrected chi connectivity index (χ3v) is 7.30. The lowest BCUT2D eigenvalue weighted by atomic mass is 9.83. The van der Waals surface area contributed by atoms with Crippen molar-refractivity contribution in [1.29, 1.82) is 5.26 Å². The maximum atomic E-state index is 12.8. The first-order valence-electron chi connectivity index (χ1n) is 10.4. The van der Waals surface area contributed by atoms with Crippen LogP contribution in [0.3, 0.4) is 0 Å². The van der Waals surface area contributed by atoms with E-state index in [0.717, 1.165) is 43.0 Å². The van der Waals surface area contributed by atoms with Crippen LogP contribution in [0.4, 0.5) is 0 Å². The molecule has 1 atom stereocenters. The topological polar surface area (TPSA) is 70.7 Å². The van der Waals surface area contributed by atoms with E-state index in [1.807, 2.05) is 6.92 Å². The van der Waals surface area contributed by atoms with Crippen LogP contribution in [0.2, 0.25) is 0 Å². The predicted octanol–water partition coefficient (Wildman–Crippen LogP) is 4.83. The summed E-state index contributed by atoms with van der Waals surface area (Å²) in [6.07, 6.45) is 11.0. The molecule has 27 heavy (non-hydrogen) atoms. The molecule has 3 rings (SSSR count). The van der Waals surface area contributed by atoms with Gasteiger partial charge >= 0.3 is 0 Å². The monoisotopic (exact) mass is 388 g/mol. The Morgan fingerprint density at radius 1 is 1.22 bits per heavy atom. The van der Waals surface area contributed by atoms with Gasteiger partial charge in [-0.15, -0.1) is 0 Å². The van der Waals surface area contributed by atoms with E-state index in [0.29, 0.717) is 6.04 Å². The van der Waals surface area contributed by atoms with Gasteiger partial charge in [0.1, 0.15) is 5.54 Å². The molecular formula is C21H32N4OS. The Hall–Kier alpha value is -1.48. The van der Waals surface area contributed by atoms with Gasteiger partial charge in [-0.3, -0.25) is 4.79 Å². The summed E-state index contributed by atoms with van der Waals surface area (Å²) in [5.74, 6) is -0.0445. The van der Waals surface area contributed by atoms with Crippen molar-refractivity contribution >= 4 is 17.7 Å². The van der Waals surface area contributed by atoms with E-state index in [2.05, 4.69) is 29.8 Å². The summed E-state index contributed by atoms with van der Waals surface area (Å²) in [5, 5.41) is 13.4. The number of rotatable bonds is 5. The number of hydrogen-bond acceptors (Lipinski definition) is 4. The normalized spacial score (nSPS) is 21.4. The molecule has 2 aliphatic carbocycles. The quantitative estimate of drug-likeness (QED) is 0.734. The number of aryl methyl sites for hydroxylation is 1. The Kier molecular flexibility index (Phi) is 6.52. The fourth-order valence-electron chi connectivity index (χ4n) is 4.42. The number of nitrogens with one attached hydrogen (secondary N) is 1. The lowest BCUT2D eigenvalue weighted by molar-refractivity contribution is -0.121. The Morgan fingerprint density at radius 2 is 1.85 bits per heavy atom. The van der Waals surface area contributed by atoms with Crippen LogP contribution in [-0.2, 0) is 4.79 Å².